The summed E-state index contributed by atoms with van der Waals surface area (Å²) in [6, 6.07) is 12.3. The van der Waals surface area contributed by atoms with E-state index in [-0.39, 0.29) is 4.90 Å². The highest BCUT2D eigenvalue weighted by Crippen LogP contribution is 2.21. The molecule has 0 atom stereocenters. The van der Waals surface area contributed by atoms with Crippen molar-refractivity contribution in [1.82, 2.24) is 9.29 Å². The number of aromatic nitrogens is 1. The second-order valence-electron chi connectivity index (χ2n) is 5.35. The van der Waals surface area contributed by atoms with Gasteiger partial charge >= 0.3 is 0 Å². The van der Waals surface area contributed by atoms with Crippen molar-refractivity contribution in [1.29, 1.82) is 0 Å². The summed E-state index contributed by atoms with van der Waals surface area (Å²) in [5, 5.41) is 0.957. The van der Waals surface area contributed by atoms with Crippen LogP contribution in [0.4, 0.5) is 0 Å². The van der Waals surface area contributed by atoms with Gasteiger partial charge in [0.15, 0.2) is 0 Å². The summed E-state index contributed by atoms with van der Waals surface area (Å²) in [4.78, 5) is 4.52. The molecule has 0 spiro atoms. The Kier molecular flexibility index (Phi) is 6.30. The van der Waals surface area contributed by atoms with Gasteiger partial charge < -0.3 is 9.47 Å². The van der Waals surface area contributed by atoms with Crippen LogP contribution in [-0.4, -0.2) is 56.4 Å². The highest BCUT2D eigenvalue weighted by molar-refractivity contribution is 7.99. The lowest BCUT2D eigenvalue weighted by Crippen LogP contribution is -2.40. The molecule has 1 saturated heterocycles. The van der Waals surface area contributed by atoms with Crippen molar-refractivity contribution in [2.45, 2.75) is 9.92 Å². The molecule has 0 amide bonds. The number of hydrogen-bond acceptors (Lipinski definition) is 6. The van der Waals surface area contributed by atoms with E-state index in [1.165, 1.54) is 4.31 Å². The molecule has 0 bridgehead atoms. The average Bonchev–Trinajstić information content (AvgIpc) is 2.67. The number of benzene rings is 1. The number of hydrogen-bond donors (Lipinski definition) is 0. The number of pyridine rings is 1. The topological polar surface area (TPSA) is 68.7 Å². The Morgan fingerprint density at radius 2 is 1.88 bits per heavy atom. The number of morpholine rings is 1. The molecule has 1 aliphatic rings. The Bertz CT molecular complexity index is 761. The number of nitrogens with zero attached hydrogens (tertiary/aromatic N) is 2. The monoisotopic (exact) mass is 380 g/mol. The fourth-order valence-electron chi connectivity index (χ4n) is 2.38. The lowest BCUT2D eigenvalue weighted by molar-refractivity contribution is 0.0730. The zero-order chi connectivity index (χ0) is 17.5. The molecule has 0 radical (unpaired) electrons. The maximum atomic E-state index is 12.5. The minimum Gasteiger partial charge on any atom is -0.493 e. The molecule has 25 heavy (non-hydrogen) atoms. The van der Waals surface area contributed by atoms with Crippen LogP contribution in [-0.2, 0) is 14.8 Å². The van der Waals surface area contributed by atoms with Crippen LogP contribution < -0.4 is 4.74 Å². The molecule has 0 aliphatic carbocycles. The molecule has 3 rings (SSSR count). The molecule has 0 N–H and O–H groups in total. The molecule has 0 unspecified atom stereocenters. The summed E-state index contributed by atoms with van der Waals surface area (Å²) >= 11 is 1.62. The minimum atomic E-state index is -3.45. The molecule has 1 fully saturated rings. The van der Waals surface area contributed by atoms with Gasteiger partial charge in [0.2, 0.25) is 10.0 Å². The Morgan fingerprint density at radius 1 is 1.12 bits per heavy atom. The van der Waals surface area contributed by atoms with Gasteiger partial charge in [0.05, 0.1) is 29.7 Å². The molecule has 1 aromatic heterocycles. The highest BCUT2D eigenvalue weighted by Gasteiger charge is 2.26. The fourth-order valence-corrected chi connectivity index (χ4v) is 4.48. The molecule has 1 aromatic carbocycles. The summed E-state index contributed by atoms with van der Waals surface area (Å²) in [6.07, 6.45) is 1.76. The van der Waals surface area contributed by atoms with Crippen molar-refractivity contribution >= 4 is 21.8 Å². The van der Waals surface area contributed by atoms with Gasteiger partial charge in [-0.15, -0.1) is 11.8 Å². The Balaban J connectivity index is 1.51. The zero-order valence-corrected chi connectivity index (χ0v) is 15.3. The third kappa shape index (κ3) is 4.94. The standard InChI is InChI=1S/C17H20N2O4S2/c20-25(21,19-9-11-22-12-10-19)16-6-4-15(5-7-16)23-13-14-24-17-3-1-2-8-18-17/h1-8H,9-14H2. The average molecular weight is 380 g/mol. The van der Waals surface area contributed by atoms with Gasteiger partial charge in [-0.2, -0.15) is 4.31 Å². The largest absolute Gasteiger partial charge is 0.493 e. The SMILES string of the molecule is O=S(=O)(c1ccc(OCCSc2ccccn2)cc1)N1CCOCC1. The first kappa shape index (κ1) is 18.2. The lowest BCUT2D eigenvalue weighted by Gasteiger charge is -2.26. The van der Waals surface area contributed by atoms with E-state index in [9.17, 15) is 8.42 Å². The molecule has 0 saturated carbocycles. The van der Waals surface area contributed by atoms with Crippen LogP contribution >= 0.6 is 11.8 Å². The van der Waals surface area contributed by atoms with E-state index in [0.717, 1.165) is 10.8 Å². The Hall–Kier alpha value is -1.61. The third-order valence-corrected chi connectivity index (χ3v) is 6.49. The normalized spacial score (nSPS) is 15.8. The van der Waals surface area contributed by atoms with Gasteiger partial charge in [-0.3, -0.25) is 0 Å². The van der Waals surface area contributed by atoms with Crippen molar-refractivity contribution < 1.29 is 17.9 Å². The van der Waals surface area contributed by atoms with Crippen LogP contribution in [0.15, 0.2) is 58.6 Å². The quantitative estimate of drug-likeness (QED) is 0.542. The molecular formula is C17H20N2O4S2. The van der Waals surface area contributed by atoms with E-state index < -0.39 is 10.0 Å². The molecule has 2 aromatic rings. The van der Waals surface area contributed by atoms with Crippen molar-refractivity contribution in [3.05, 3.63) is 48.7 Å². The van der Waals surface area contributed by atoms with Crippen LogP contribution in [0.2, 0.25) is 0 Å². The van der Waals surface area contributed by atoms with E-state index in [2.05, 4.69) is 4.98 Å². The summed E-state index contributed by atoms with van der Waals surface area (Å²) in [5.41, 5.74) is 0. The number of ether oxygens (including phenoxy) is 2. The van der Waals surface area contributed by atoms with E-state index in [1.54, 1.807) is 42.2 Å². The number of sulfonamides is 1. The van der Waals surface area contributed by atoms with Crippen molar-refractivity contribution in [3.63, 3.8) is 0 Å². The maximum absolute atomic E-state index is 12.5. The number of thioether (sulfide) groups is 1. The Morgan fingerprint density at radius 3 is 2.56 bits per heavy atom. The van der Waals surface area contributed by atoms with Crippen molar-refractivity contribution in [3.8, 4) is 5.75 Å². The van der Waals surface area contributed by atoms with Crippen LogP contribution in [0, 0.1) is 0 Å². The van der Waals surface area contributed by atoms with Crippen molar-refractivity contribution in [2.24, 2.45) is 0 Å². The first-order valence-electron chi connectivity index (χ1n) is 8.01. The summed E-state index contributed by atoms with van der Waals surface area (Å²) < 4.78 is 37.4. The first-order valence-corrected chi connectivity index (χ1v) is 10.4. The van der Waals surface area contributed by atoms with E-state index >= 15 is 0 Å². The van der Waals surface area contributed by atoms with Crippen molar-refractivity contribution in [2.75, 3.05) is 38.7 Å². The molecule has 6 nitrogen and oxygen atoms in total. The van der Waals surface area contributed by atoms with E-state index in [1.807, 2.05) is 18.2 Å². The maximum Gasteiger partial charge on any atom is 0.243 e. The molecule has 134 valence electrons. The Labute approximate surface area is 152 Å². The second kappa shape index (κ2) is 8.66. The molecular weight excluding hydrogens is 360 g/mol. The van der Waals surface area contributed by atoms with E-state index in [4.69, 9.17) is 9.47 Å². The summed E-state index contributed by atoms with van der Waals surface area (Å²) in [5.74, 6) is 1.42. The van der Waals surface area contributed by atoms with Crippen LogP contribution in [0.5, 0.6) is 5.75 Å². The second-order valence-corrected chi connectivity index (χ2v) is 8.41. The molecule has 1 aliphatic heterocycles. The number of rotatable bonds is 7. The van der Waals surface area contributed by atoms with Crippen LogP contribution in [0.3, 0.4) is 0 Å². The van der Waals surface area contributed by atoms with Gasteiger partial charge in [0.1, 0.15) is 5.75 Å². The van der Waals surface area contributed by atoms with Crippen LogP contribution in [0.1, 0.15) is 0 Å². The van der Waals surface area contributed by atoms with E-state index in [0.29, 0.717) is 38.7 Å². The third-order valence-electron chi connectivity index (χ3n) is 3.67. The lowest BCUT2D eigenvalue weighted by atomic mass is 10.3. The van der Waals surface area contributed by atoms with Gasteiger partial charge in [-0.05, 0) is 36.4 Å². The predicted molar refractivity (Wildman–Crippen MR) is 96.5 cm³/mol. The van der Waals surface area contributed by atoms with Gasteiger partial charge in [0, 0.05) is 25.0 Å². The zero-order valence-electron chi connectivity index (χ0n) is 13.7. The molecule has 2 heterocycles. The molecule has 8 heteroatoms. The van der Waals surface area contributed by atoms with Crippen LogP contribution in [0.25, 0.3) is 0 Å². The van der Waals surface area contributed by atoms with Gasteiger partial charge in [0.25, 0.3) is 0 Å². The highest BCUT2D eigenvalue weighted by atomic mass is 32.2. The van der Waals surface area contributed by atoms with Gasteiger partial charge in [-0.1, -0.05) is 6.07 Å². The minimum absolute atomic E-state index is 0.282. The first-order chi connectivity index (χ1) is 12.2. The summed E-state index contributed by atoms with van der Waals surface area (Å²) in [6.45, 7) is 2.19. The predicted octanol–water partition coefficient (Wildman–Crippen LogP) is 2.27. The summed E-state index contributed by atoms with van der Waals surface area (Å²) in [7, 11) is -3.45. The van der Waals surface area contributed by atoms with Gasteiger partial charge in [-0.25, -0.2) is 13.4 Å². The fraction of sp³-hybridized carbons (Fsp3) is 0.353. The smallest absolute Gasteiger partial charge is 0.243 e.